The van der Waals surface area contributed by atoms with E-state index in [4.69, 9.17) is 9.47 Å². The fourth-order valence-corrected chi connectivity index (χ4v) is 4.09. The molecule has 2 aromatic rings. The Morgan fingerprint density at radius 3 is 2.43 bits per heavy atom. The predicted octanol–water partition coefficient (Wildman–Crippen LogP) is 3.41. The SMILES string of the molecule is COc1ccc(Br)cc1CN(C)CN1C(=O)N[C@](C)(Cc2ccccc2OC)C1=O. The van der Waals surface area contributed by atoms with Crippen LogP contribution in [-0.4, -0.2) is 55.2 Å². The van der Waals surface area contributed by atoms with Crippen LogP contribution in [0.25, 0.3) is 0 Å². The van der Waals surface area contributed by atoms with Crippen molar-refractivity contribution in [1.29, 1.82) is 0 Å². The third-order valence-corrected chi connectivity index (χ3v) is 5.64. The average Bonchev–Trinajstić information content (AvgIpc) is 2.91. The molecule has 0 aliphatic carbocycles. The number of hydrogen-bond acceptors (Lipinski definition) is 5. The Hall–Kier alpha value is -2.58. The predicted molar refractivity (Wildman–Crippen MR) is 118 cm³/mol. The fraction of sp³-hybridized carbons (Fsp3) is 0.364. The zero-order valence-electron chi connectivity index (χ0n) is 17.6. The number of nitrogens with one attached hydrogen (secondary N) is 1. The topological polar surface area (TPSA) is 71.1 Å². The Bertz CT molecular complexity index is 952. The van der Waals surface area contributed by atoms with Gasteiger partial charge in [-0.3, -0.25) is 9.69 Å². The summed E-state index contributed by atoms with van der Waals surface area (Å²) >= 11 is 3.47. The van der Waals surface area contributed by atoms with E-state index in [0.717, 1.165) is 21.3 Å². The number of halogens is 1. The van der Waals surface area contributed by atoms with E-state index in [2.05, 4.69) is 21.2 Å². The molecular formula is C22H26BrN3O4. The van der Waals surface area contributed by atoms with Crippen LogP contribution >= 0.6 is 15.9 Å². The molecule has 2 aromatic carbocycles. The lowest BCUT2D eigenvalue weighted by Gasteiger charge is -2.25. The van der Waals surface area contributed by atoms with E-state index in [1.165, 1.54) is 4.90 Å². The summed E-state index contributed by atoms with van der Waals surface area (Å²) in [5.41, 5.74) is 0.795. The second-order valence-electron chi connectivity index (χ2n) is 7.60. The van der Waals surface area contributed by atoms with Gasteiger partial charge in [-0.1, -0.05) is 34.1 Å². The highest BCUT2D eigenvalue weighted by molar-refractivity contribution is 9.10. The Morgan fingerprint density at radius 2 is 1.73 bits per heavy atom. The number of methoxy groups -OCH3 is 2. The molecule has 3 rings (SSSR count). The van der Waals surface area contributed by atoms with Crippen molar-refractivity contribution in [2.45, 2.75) is 25.4 Å². The highest BCUT2D eigenvalue weighted by Gasteiger charge is 2.48. The molecule has 1 N–H and O–H groups in total. The van der Waals surface area contributed by atoms with Crippen LogP contribution in [-0.2, 0) is 17.8 Å². The number of carbonyl (C=O) groups is 2. The maximum Gasteiger partial charge on any atom is 0.326 e. The van der Waals surface area contributed by atoms with Crippen molar-refractivity contribution in [3.63, 3.8) is 0 Å². The van der Waals surface area contributed by atoms with Gasteiger partial charge in [-0.25, -0.2) is 9.69 Å². The summed E-state index contributed by atoms with van der Waals surface area (Å²) < 4.78 is 11.7. The summed E-state index contributed by atoms with van der Waals surface area (Å²) in [6, 6.07) is 12.9. The average molecular weight is 476 g/mol. The van der Waals surface area contributed by atoms with Crippen LogP contribution in [0, 0.1) is 0 Å². The normalized spacial score (nSPS) is 18.7. The first-order valence-electron chi connectivity index (χ1n) is 9.54. The minimum atomic E-state index is -1.03. The minimum Gasteiger partial charge on any atom is -0.496 e. The molecule has 160 valence electrons. The maximum atomic E-state index is 13.1. The number of nitrogens with zero attached hydrogens (tertiary/aromatic N) is 2. The van der Waals surface area contributed by atoms with E-state index in [9.17, 15) is 9.59 Å². The summed E-state index contributed by atoms with van der Waals surface area (Å²) in [7, 11) is 5.07. The van der Waals surface area contributed by atoms with E-state index in [1.54, 1.807) is 21.1 Å². The molecular weight excluding hydrogens is 450 g/mol. The standard InChI is InChI=1S/C22H26BrN3O4/c1-22(12-15-7-5-6-8-18(15)29-3)20(27)26(21(28)24-22)14-25(2)13-16-11-17(23)9-10-19(16)30-4/h5-11H,12-14H2,1-4H3,(H,24,28)/t22-/m1/s1. The lowest BCUT2D eigenvalue weighted by atomic mass is 9.92. The van der Waals surface area contributed by atoms with E-state index in [-0.39, 0.29) is 12.6 Å². The zero-order chi connectivity index (χ0) is 21.9. The van der Waals surface area contributed by atoms with Gasteiger partial charge in [0.05, 0.1) is 20.9 Å². The van der Waals surface area contributed by atoms with Gasteiger partial charge in [0.25, 0.3) is 5.91 Å². The minimum absolute atomic E-state index is 0.169. The Morgan fingerprint density at radius 1 is 1.07 bits per heavy atom. The number of ether oxygens (including phenoxy) is 2. The van der Waals surface area contributed by atoms with Gasteiger partial charge in [0.15, 0.2) is 0 Å². The Balaban J connectivity index is 1.72. The summed E-state index contributed by atoms with van der Waals surface area (Å²) in [6.07, 6.45) is 0.348. The molecule has 1 saturated heterocycles. The van der Waals surface area contributed by atoms with E-state index >= 15 is 0 Å². The molecule has 1 fully saturated rings. The van der Waals surface area contributed by atoms with Crippen LogP contribution in [0.3, 0.4) is 0 Å². The van der Waals surface area contributed by atoms with E-state index in [0.29, 0.717) is 18.7 Å². The highest BCUT2D eigenvalue weighted by Crippen LogP contribution is 2.28. The number of urea groups is 1. The van der Waals surface area contributed by atoms with Gasteiger partial charge in [0, 0.05) is 23.0 Å². The molecule has 0 unspecified atom stereocenters. The van der Waals surface area contributed by atoms with Crippen molar-refractivity contribution in [1.82, 2.24) is 15.1 Å². The molecule has 0 radical (unpaired) electrons. The second kappa shape index (κ2) is 9.06. The van der Waals surface area contributed by atoms with E-state index in [1.807, 2.05) is 54.4 Å². The molecule has 0 spiro atoms. The first kappa shape index (κ1) is 22.1. The molecule has 1 aliphatic rings. The first-order chi connectivity index (χ1) is 14.3. The van der Waals surface area contributed by atoms with Crippen molar-refractivity contribution in [3.05, 3.63) is 58.1 Å². The third-order valence-electron chi connectivity index (χ3n) is 5.15. The molecule has 0 bridgehead atoms. The van der Waals surface area contributed by atoms with Crippen LogP contribution in [0.5, 0.6) is 11.5 Å². The number of para-hydroxylation sites is 1. The van der Waals surface area contributed by atoms with Crippen LogP contribution in [0.2, 0.25) is 0 Å². The van der Waals surface area contributed by atoms with Crippen LogP contribution in [0.4, 0.5) is 4.79 Å². The molecule has 7 nitrogen and oxygen atoms in total. The summed E-state index contributed by atoms with van der Waals surface area (Å²) in [5, 5.41) is 2.85. The van der Waals surface area contributed by atoms with Crippen molar-refractivity contribution in [2.24, 2.45) is 0 Å². The zero-order valence-corrected chi connectivity index (χ0v) is 19.2. The Kier molecular flexibility index (Phi) is 6.67. The molecule has 0 saturated carbocycles. The first-order valence-corrected chi connectivity index (χ1v) is 10.3. The molecule has 30 heavy (non-hydrogen) atoms. The quantitative estimate of drug-likeness (QED) is 0.592. The van der Waals surface area contributed by atoms with Gasteiger partial charge in [-0.2, -0.15) is 0 Å². The largest absolute Gasteiger partial charge is 0.496 e. The summed E-state index contributed by atoms with van der Waals surface area (Å²) in [4.78, 5) is 28.9. The number of amides is 3. The van der Waals surface area contributed by atoms with Crippen molar-refractivity contribution in [3.8, 4) is 11.5 Å². The van der Waals surface area contributed by atoms with E-state index < -0.39 is 11.6 Å². The van der Waals surface area contributed by atoms with Gasteiger partial charge >= 0.3 is 6.03 Å². The lowest BCUT2D eigenvalue weighted by Crippen LogP contribution is -2.46. The van der Waals surface area contributed by atoms with Crippen molar-refractivity contribution >= 4 is 27.9 Å². The fourth-order valence-electron chi connectivity index (χ4n) is 3.68. The second-order valence-corrected chi connectivity index (χ2v) is 8.51. The highest BCUT2D eigenvalue weighted by atomic mass is 79.9. The molecule has 8 heteroatoms. The van der Waals surface area contributed by atoms with Crippen molar-refractivity contribution in [2.75, 3.05) is 27.9 Å². The molecule has 3 amide bonds. The van der Waals surface area contributed by atoms with Crippen LogP contribution in [0.1, 0.15) is 18.1 Å². The number of hydrogen-bond donors (Lipinski definition) is 1. The molecule has 1 aliphatic heterocycles. The Labute approximate surface area is 185 Å². The van der Waals surface area contributed by atoms with Crippen LogP contribution < -0.4 is 14.8 Å². The van der Waals surface area contributed by atoms with Gasteiger partial charge in [-0.15, -0.1) is 0 Å². The summed E-state index contributed by atoms with van der Waals surface area (Å²) in [5.74, 6) is 1.19. The van der Waals surface area contributed by atoms with Gasteiger partial charge in [-0.05, 0) is 43.8 Å². The van der Waals surface area contributed by atoms with Crippen molar-refractivity contribution < 1.29 is 19.1 Å². The number of imide groups is 1. The number of carbonyl (C=O) groups excluding carboxylic acids is 2. The monoisotopic (exact) mass is 475 g/mol. The van der Waals surface area contributed by atoms with Crippen LogP contribution in [0.15, 0.2) is 46.9 Å². The molecule has 1 heterocycles. The summed E-state index contributed by atoms with van der Waals surface area (Å²) in [6.45, 7) is 2.43. The smallest absolute Gasteiger partial charge is 0.326 e. The third kappa shape index (κ3) is 4.60. The maximum absolute atomic E-state index is 13.1. The molecule has 1 atom stereocenters. The molecule has 0 aromatic heterocycles. The van der Waals surface area contributed by atoms with Gasteiger partial charge in [0.1, 0.15) is 17.0 Å². The van der Waals surface area contributed by atoms with Gasteiger partial charge in [0.2, 0.25) is 0 Å². The number of benzene rings is 2. The number of rotatable bonds is 8. The lowest BCUT2D eigenvalue weighted by molar-refractivity contribution is -0.132. The van der Waals surface area contributed by atoms with Gasteiger partial charge < -0.3 is 14.8 Å².